The Morgan fingerprint density at radius 3 is 2.79 bits per heavy atom. The summed E-state index contributed by atoms with van der Waals surface area (Å²) in [6.07, 6.45) is 13.4. The number of carbonyl (C=O) groups excluding carboxylic acids is 2. The molecule has 0 saturated carbocycles. The van der Waals surface area contributed by atoms with Crippen molar-refractivity contribution in [1.29, 1.82) is 0 Å². The van der Waals surface area contributed by atoms with Gasteiger partial charge in [0.25, 0.3) is 11.8 Å². The number of hydrogen-bond donors (Lipinski definition) is 1. The molecule has 33 heavy (non-hydrogen) atoms. The van der Waals surface area contributed by atoms with Crippen LogP contribution in [0.25, 0.3) is 0 Å². The minimum Gasteiger partial charge on any atom is -0.474 e. The average Bonchev–Trinajstić information content (AvgIpc) is 3.20. The van der Waals surface area contributed by atoms with Gasteiger partial charge in [-0.25, -0.2) is 0 Å². The molecular weight excluding hydrogens is 439 g/mol. The zero-order valence-corrected chi connectivity index (χ0v) is 19.7. The number of hydrogen-bond acceptors (Lipinski definition) is 5. The molecule has 4 heterocycles. The van der Waals surface area contributed by atoms with Gasteiger partial charge in [0.15, 0.2) is 11.4 Å². The zero-order valence-electron chi connectivity index (χ0n) is 18.5. The van der Waals surface area contributed by atoms with Gasteiger partial charge >= 0.3 is 0 Å². The van der Waals surface area contributed by atoms with Crippen LogP contribution in [0, 0.1) is 0 Å². The van der Waals surface area contributed by atoms with Gasteiger partial charge in [0.1, 0.15) is 11.7 Å². The summed E-state index contributed by atoms with van der Waals surface area (Å²) in [6.45, 7) is 9.67. The molecule has 3 aliphatic heterocycles. The SMILES string of the molecule is C=C/C=C\C=C(/C=C)CNC(=O)c1cn2c(c(OP)c1=O)C(=O)N1C[C@H]3CCCCN3[C@H]1C2. The molecule has 8 nitrogen and oxygen atoms in total. The second-order valence-corrected chi connectivity index (χ2v) is 8.63. The van der Waals surface area contributed by atoms with Crippen LogP contribution in [-0.4, -0.2) is 58.0 Å². The van der Waals surface area contributed by atoms with E-state index in [-0.39, 0.29) is 35.6 Å². The molecule has 1 N–H and O–H groups in total. The number of nitrogens with zero attached hydrogens (tertiary/aromatic N) is 3. The number of aromatic nitrogens is 1. The summed E-state index contributed by atoms with van der Waals surface area (Å²) >= 11 is 0. The third-order valence-corrected chi connectivity index (χ3v) is 6.76. The number of amides is 2. The topological polar surface area (TPSA) is 83.9 Å². The molecular formula is C24H29N4O4P. The van der Waals surface area contributed by atoms with Gasteiger partial charge in [0.2, 0.25) is 5.43 Å². The Balaban J connectivity index is 1.63. The number of nitrogens with one attached hydrogen (secondary N) is 1. The molecule has 2 amide bonds. The monoisotopic (exact) mass is 468 g/mol. The Labute approximate surface area is 195 Å². The number of carbonyl (C=O) groups is 2. The zero-order chi connectivity index (χ0) is 23.5. The maximum absolute atomic E-state index is 13.4. The van der Waals surface area contributed by atoms with Gasteiger partial charge in [0.05, 0.1) is 16.0 Å². The Morgan fingerprint density at radius 2 is 2.06 bits per heavy atom. The van der Waals surface area contributed by atoms with Gasteiger partial charge in [-0.15, -0.1) is 0 Å². The van der Waals surface area contributed by atoms with Crippen LogP contribution in [0.2, 0.25) is 0 Å². The summed E-state index contributed by atoms with van der Waals surface area (Å²) < 4.78 is 6.98. The van der Waals surface area contributed by atoms with Gasteiger partial charge in [-0.05, 0) is 18.4 Å². The molecule has 1 aromatic heterocycles. The standard InChI is InChI=1S/C24H29N4O4P/c1-3-5-6-9-16(4-2)12-25-23(30)18-14-26-15-19-27-11-8-7-10-17(27)13-28(19)24(31)20(26)22(32-33)21(18)29/h3-6,9,14,17,19H,1-2,7-8,10-13,15,33H2,(H,25,30)/b6-5-,16-9+/t17-,19-/m1/s1. The van der Waals surface area contributed by atoms with Crippen molar-refractivity contribution in [1.82, 2.24) is 19.7 Å². The van der Waals surface area contributed by atoms with Gasteiger partial charge < -0.3 is 19.3 Å². The smallest absolute Gasteiger partial charge is 0.275 e. The van der Waals surface area contributed by atoms with E-state index in [0.717, 1.165) is 31.4 Å². The lowest BCUT2D eigenvalue weighted by atomic mass is 10.0. The summed E-state index contributed by atoms with van der Waals surface area (Å²) in [5, 5.41) is 2.76. The largest absolute Gasteiger partial charge is 0.474 e. The molecule has 1 aromatic rings. The predicted molar refractivity (Wildman–Crippen MR) is 130 cm³/mol. The van der Waals surface area contributed by atoms with E-state index in [2.05, 4.69) is 23.4 Å². The highest BCUT2D eigenvalue weighted by molar-refractivity contribution is 7.10. The second kappa shape index (κ2) is 9.89. The molecule has 0 aromatic carbocycles. The van der Waals surface area contributed by atoms with E-state index < -0.39 is 11.3 Å². The molecule has 0 spiro atoms. The molecule has 4 rings (SSSR count). The Hall–Kier alpha value is -2.96. The van der Waals surface area contributed by atoms with Crippen LogP contribution in [-0.2, 0) is 6.54 Å². The van der Waals surface area contributed by atoms with E-state index in [1.165, 1.54) is 6.20 Å². The third-order valence-electron chi connectivity index (χ3n) is 6.52. The third kappa shape index (κ3) is 4.33. The number of allylic oxidation sites excluding steroid dienone is 4. The van der Waals surface area contributed by atoms with Crippen LogP contribution in [0.5, 0.6) is 5.75 Å². The number of rotatable bonds is 7. The lowest BCUT2D eigenvalue weighted by Crippen LogP contribution is -2.51. The van der Waals surface area contributed by atoms with Crippen molar-refractivity contribution in [2.75, 3.05) is 19.6 Å². The van der Waals surface area contributed by atoms with Gasteiger partial charge in [-0.1, -0.05) is 50.0 Å². The summed E-state index contributed by atoms with van der Waals surface area (Å²) in [5.41, 5.74) is 0.308. The van der Waals surface area contributed by atoms with Crippen molar-refractivity contribution in [3.05, 3.63) is 76.8 Å². The van der Waals surface area contributed by atoms with Crippen molar-refractivity contribution in [2.45, 2.75) is 38.0 Å². The first-order chi connectivity index (χ1) is 16.0. The Morgan fingerprint density at radius 1 is 1.24 bits per heavy atom. The van der Waals surface area contributed by atoms with Crippen molar-refractivity contribution in [2.24, 2.45) is 0 Å². The van der Waals surface area contributed by atoms with E-state index in [0.29, 0.717) is 19.1 Å². The van der Waals surface area contributed by atoms with Crippen LogP contribution < -0.4 is 15.3 Å². The number of piperidine rings is 1. The quantitative estimate of drug-likeness (QED) is 0.490. The van der Waals surface area contributed by atoms with E-state index >= 15 is 0 Å². The van der Waals surface area contributed by atoms with Crippen LogP contribution in [0.15, 0.2) is 60.1 Å². The Bertz CT molecular complexity index is 1110. The lowest BCUT2D eigenvalue weighted by Gasteiger charge is -2.38. The molecule has 0 radical (unpaired) electrons. The predicted octanol–water partition coefficient (Wildman–Crippen LogP) is 2.25. The fourth-order valence-corrected chi connectivity index (χ4v) is 5.10. The first-order valence-corrected chi connectivity index (χ1v) is 11.6. The van der Waals surface area contributed by atoms with Crippen LogP contribution in [0.1, 0.15) is 40.1 Å². The van der Waals surface area contributed by atoms with Crippen molar-refractivity contribution >= 4 is 21.3 Å². The fraction of sp³-hybridized carbons (Fsp3) is 0.375. The highest BCUT2D eigenvalue weighted by Gasteiger charge is 2.47. The molecule has 174 valence electrons. The van der Waals surface area contributed by atoms with Crippen molar-refractivity contribution in [3.63, 3.8) is 0 Å². The second-order valence-electron chi connectivity index (χ2n) is 8.39. The molecule has 0 bridgehead atoms. The maximum atomic E-state index is 13.4. The summed E-state index contributed by atoms with van der Waals surface area (Å²) in [5.74, 6) is -0.876. The molecule has 9 heteroatoms. The molecule has 2 fully saturated rings. The normalized spacial score (nSPS) is 22.5. The summed E-state index contributed by atoms with van der Waals surface area (Å²) in [7, 11) is 2.03. The van der Waals surface area contributed by atoms with Crippen LogP contribution in [0.4, 0.5) is 0 Å². The number of fused-ring (bicyclic) bond motifs is 4. The highest BCUT2D eigenvalue weighted by atomic mass is 31.0. The number of pyridine rings is 1. The lowest BCUT2D eigenvalue weighted by molar-refractivity contribution is 0.0454. The van der Waals surface area contributed by atoms with E-state index in [9.17, 15) is 14.4 Å². The average molecular weight is 468 g/mol. The molecule has 3 atom stereocenters. The minimum absolute atomic E-state index is 0.0595. The van der Waals surface area contributed by atoms with E-state index in [1.807, 2.05) is 14.4 Å². The Kier molecular flexibility index (Phi) is 6.96. The van der Waals surface area contributed by atoms with Crippen LogP contribution in [0.3, 0.4) is 0 Å². The van der Waals surface area contributed by atoms with Gasteiger partial charge in [-0.2, -0.15) is 0 Å². The van der Waals surface area contributed by atoms with Crippen LogP contribution >= 0.6 is 9.47 Å². The van der Waals surface area contributed by atoms with E-state index in [1.54, 1.807) is 34.9 Å². The van der Waals surface area contributed by atoms with Gasteiger partial charge in [0, 0.05) is 31.9 Å². The van der Waals surface area contributed by atoms with Gasteiger partial charge in [-0.3, -0.25) is 19.3 Å². The summed E-state index contributed by atoms with van der Waals surface area (Å²) in [6, 6.07) is 0.344. The van der Waals surface area contributed by atoms with Crippen molar-refractivity contribution in [3.8, 4) is 5.75 Å². The molecule has 3 aliphatic rings. The maximum Gasteiger partial charge on any atom is 0.275 e. The molecule has 1 unspecified atom stereocenters. The summed E-state index contributed by atoms with van der Waals surface area (Å²) in [4.78, 5) is 43.6. The minimum atomic E-state index is -0.604. The first-order valence-electron chi connectivity index (χ1n) is 11.1. The first kappa shape index (κ1) is 23.2. The van der Waals surface area contributed by atoms with Crippen molar-refractivity contribution < 1.29 is 14.1 Å². The molecule has 2 saturated heterocycles. The molecule has 0 aliphatic carbocycles. The highest BCUT2D eigenvalue weighted by Crippen LogP contribution is 2.35. The fourth-order valence-electron chi connectivity index (χ4n) is 4.88. The van der Waals surface area contributed by atoms with E-state index in [4.69, 9.17) is 4.52 Å².